The molecule has 0 saturated carbocycles. The van der Waals surface area contributed by atoms with Crippen LogP contribution in [0.25, 0.3) is 0 Å². The Balaban J connectivity index is 1.54. The Bertz CT molecular complexity index is 868. The molecule has 1 atom stereocenters. The summed E-state index contributed by atoms with van der Waals surface area (Å²) in [4.78, 5) is 37.5. The molecule has 2 aromatic rings. The Kier molecular flexibility index (Phi) is 5.88. The molecule has 3 rings (SSSR count). The highest BCUT2D eigenvalue weighted by Gasteiger charge is 2.31. The highest BCUT2D eigenvalue weighted by Crippen LogP contribution is 2.22. The minimum Gasteiger partial charge on any atom is -0.462 e. The van der Waals surface area contributed by atoms with E-state index in [0.29, 0.717) is 23.5 Å². The Morgan fingerprint density at radius 2 is 1.82 bits per heavy atom. The van der Waals surface area contributed by atoms with E-state index in [0.717, 1.165) is 0 Å². The van der Waals surface area contributed by atoms with E-state index in [1.54, 1.807) is 31.2 Å². The fourth-order valence-electron chi connectivity index (χ4n) is 2.93. The van der Waals surface area contributed by atoms with Crippen molar-refractivity contribution in [3.8, 4) is 0 Å². The maximum absolute atomic E-state index is 13.0. The van der Waals surface area contributed by atoms with Crippen LogP contribution in [0.1, 0.15) is 23.7 Å². The lowest BCUT2D eigenvalue weighted by atomic mass is 10.2. The van der Waals surface area contributed by atoms with Crippen LogP contribution in [0.5, 0.6) is 0 Å². The van der Waals surface area contributed by atoms with Gasteiger partial charge >= 0.3 is 12.0 Å². The summed E-state index contributed by atoms with van der Waals surface area (Å²) in [5, 5.41) is 5.41. The minimum atomic E-state index is -0.456. The molecule has 1 fully saturated rings. The smallest absolute Gasteiger partial charge is 0.338 e. The van der Waals surface area contributed by atoms with Crippen LogP contribution in [0, 0.1) is 5.82 Å². The molecule has 0 bridgehead atoms. The third-order valence-electron chi connectivity index (χ3n) is 4.25. The second-order valence-electron chi connectivity index (χ2n) is 6.28. The molecule has 0 spiro atoms. The van der Waals surface area contributed by atoms with E-state index in [9.17, 15) is 18.8 Å². The number of esters is 1. The van der Waals surface area contributed by atoms with Crippen molar-refractivity contribution < 1.29 is 23.5 Å². The van der Waals surface area contributed by atoms with Gasteiger partial charge in [0.25, 0.3) is 0 Å². The molecule has 1 aliphatic heterocycles. The van der Waals surface area contributed by atoms with Crippen molar-refractivity contribution in [1.82, 2.24) is 5.32 Å². The van der Waals surface area contributed by atoms with Gasteiger partial charge in [-0.25, -0.2) is 14.0 Å². The molecule has 1 unspecified atom stereocenters. The number of carbonyl (C=O) groups is 3. The molecule has 0 radical (unpaired) electrons. The van der Waals surface area contributed by atoms with Crippen molar-refractivity contribution in [2.24, 2.45) is 0 Å². The average Bonchev–Trinajstić information content (AvgIpc) is 3.03. The lowest BCUT2D eigenvalue weighted by Crippen LogP contribution is -2.39. The zero-order valence-corrected chi connectivity index (χ0v) is 15.3. The van der Waals surface area contributed by atoms with E-state index in [-0.39, 0.29) is 30.8 Å². The zero-order chi connectivity index (χ0) is 20.1. The molecular weight excluding hydrogens is 365 g/mol. The second-order valence-corrected chi connectivity index (χ2v) is 6.28. The number of urea groups is 1. The summed E-state index contributed by atoms with van der Waals surface area (Å²) in [6.07, 6.45) is 0.159. The highest BCUT2D eigenvalue weighted by molar-refractivity contribution is 5.97. The van der Waals surface area contributed by atoms with Crippen LogP contribution in [0.4, 0.5) is 20.6 Å². The van der Waals surface area contributed by atoms with Crippen molar-refractivity contribution in [3.05, 3.63) is 59.9 Å². The monoisotopic (exact) mass is 385 g/mol. The van der Waals surface area contributed by atoms with Crippen LogP contribution in [-0.4, -0.2) is 37.1 Å². The zero-order valence-electron chi connectivity index (χ0n) is 15.3. The van der Waals surface area contributed by atoms with Crippen LogP contribution in [0.3, 0.4) is 0 Å². The normalized spacial score (nSPS) is 16.0. The number of rotatable bonds is 5. The first kappa shape index (κ1) is 19.3. The Labute approximate surface area is 161 Å². The molecule has 3 amide bonds. The molecule has 28 heavy (non-hydrogen) atoms. The first-order chi connectivity index (χ1) is 13.5. The van der Waals surface area contributed by atoms with Gasteiger partial charge in [0.2, 0.25) is 5.91 Å². The maximum Gasteiger partial charge on any atom is 0.338 e. The SMILES string of the molecule is CCOC(=O)c1ccc(NC(=O)NC2CC(=O)N(c3ccc(F)cc3)C2)cc1. The maximum atomic E-state index is 13.0. The summed E-state index contributed by atoms with van der Waals surface area (Å²) in [6.45, 7) is 2.32. The Morgan fingerprint density at radius 1 is 1.14 bits per heavy atom. The molecule has 1 saturated heterocycles. The van der Waals surface area contributed by atoms with Gasteiger partial charge in [-0.3, -0.25) is 4.79 Å². The van der Waals surface area contributed by atoms with Crippen LogP contribution < -0.4 is 15.5 Å². The van der Waals surface area contributed by atoms with Gasteiger partial charge in [-0.2, -0.15) is 0 Å². The number of benzene rings is 2. The summed E-state index contributed by atoms with van der Waals surface area (Å²) in [7, 11) is 0. The molecule has 146 valence electrons. The third-order valence-corrected chi connectivity index (χ3v) is 4.25. The van der Waals surface area contributed by atoms with Crippen molar-refractivity contribution in [2.45, 2.75) is 19.4 Å². The van der Waals surface area contributed by atoms with Crippen LogP contribution in [0.15, 0.2) is 48.5 Å². The van der Waals surface area contributed by atoms with Gasteiger partial charge in [-0.05, 0) is 55.5 Å². The number of halogens is 1. The molecule has 2 aromatic carbocycles. The van der Waals surface area contributed by atoms with Crippen LogP contribution in [0.2, 0.25) is 0 Å². The molecule has 2 N–H and O–H groups in total. The quantitative estimate of drug-likeness (QED) is 0.775. The van der Waals surface area contributed by atoms with Gasteiger partial charge in [-0.1, -0.05) is 0 Å². The number of amides is 3. The van der Waals surface area contributed by atoms with Gasteiger partial charge in [0.05, 0.1) is 18.2 Å². The lowest BCUT2D eigenvalue weighted by molar-refractivity contribution is -0.117. The predicted octanol–water partition coefficient (Wildman–Crippen LogP) is 2.93. The number of nitrogens with zero attached hydrogens (tertiary/aromatic N) is 1. The van der Waals surface area contributed by atoms with E-state index in [4.69, 9.17) is 4.74 Å². The molecule has 0 aromatic heterocycles. The van der Waals surface area contributed by atoms with Gasteiger partial charge in [0.1, 0.15) is 5.82 Å². The van der Waals surface area contributed by atoms with Gasteiger partial charge in [-0.15, -0.1) is 0 Å². The summed E-state index contributed by atoms with van der Waals surface area (Å²) < 4.78 is 17.9. The molecule has 1 aliphatic rings. The predicted molar refractivity (Wildman–Crippen MR) is 102 cm³/mol. The number of hydrogen-bond acceptors (Lipinski definition) is 4. The minimum absolute atomic E-state index is 0.143. The number of carbonyl (C=O) groups excluding carboxylic acids is 3. The molecule has 7 nitrogen and oxygen atoms in total. The number of anilines is 2. The second kappa shape index (κ2) is 8.51. The van der Waals surface area contributed by atoms with E-state index >= 15 is 0 Å². The van der Waals surface area contributed by atoms with Crippen LogP contribution in [-0.2, 0) is 9.53 Å². The standard InChI is InChI=1S/C20H20FN3O4/c1-2-28-19(26)13-3-7-15(8-4-13)22-20(27)23-16-11-18(25)24(12-16)17-9-5-14(21)6-10-17/h3-10,16H,2,11-12H2,1H3,(H2,22,23,27). The van der Waals surface area contributed by atoms with Crippen LogP contribution >= 0.6 is 0 Å². The highest BCUT2D eigenvalue weighted by atomic mass is 19.1. The summed E-state index contributed by atoms with van der Waals surface area (Å²) >= 11 is 0. The lowest BCUT2D eigenvalue weighted by Gasteiger charge is -2.17. The fraction of sp³-hybridized carbons (Fsp3) is 0.250. The van der Waals surface area contributed by atoms with E-state index in [1.807, 2.05) is 0 Å². The summed E-state index contributed by atoms with van der Waals surface area (Å²) in [5.41, 5.74) is 1.49. The fourth-order valence-corrected chi connectivity index (χ4v) is 2.93. The number of nitrogens with one attached hydrogen (secondary N) is 2. The van der Waals surface area contributed by atoms with Crippen molar-refractivity contribution in [1.29, 1.82) is 0 Å². The van der Waals surface area contributed by atoms with Crippen molar-refractivity contribution in [3.63, 3.8) is 0 Å². The van der Waals surface area contributed by atoms with E-state index < -0.39 is 12.0 Å². The largest absolute Gasteiger partial charge is 0.462 e. The van der Waals surface area contributed by atoms with E-state index in [1.165, 1.54) is 29.2 Å². The Morgan fingerprint density at radius 3 is 2.46 bits per heavy atom. The van der Waals surface area contributed by atoms with Crippen molar-refractivity contribution in [2.75, 3.05) is 23.4 Å². The first-order valence-corrected chi connectivity index (χ1v) is 8.87. The van der Waals surface area contributed by atoms with Gasteiger partial charge in [0, 0.05) is 24.3 Å². The van der Waals surface area contributed by atoms with Gasteiger partial charge in [0.15, 0.2) is 0 Å². The van der Waals surface area contributed by atoms with Crippen molar-refractivity contribution >= 4 is 29.3 Å². The van der Waals surface area contributed by atoms with Gasteiger partial charge < -0.3 is 20.3 Å². The summed E-state index contributed by atoms with van der Waals surface area (Å²) in [6, 6.07) is 11.1. The molecule has 8 heteroatoms. The topological polar surface area (TPSA) is 87.7 Å². The average molecular weight is 385 g/mol. The summed E-state index contributed by atoms with van der Waals surface area (Å²) in [5.74, 6) is -0.946. The third kappa shape index (κ3) is 4.64. The molecular formula is C20H20FN3O4. The number of hydrogen-bond donors (Lipinski definition) is 2. The Hall–Kier alpha value is -3.42. The molecule has 1 heterocycles. The van der Waals surface area contributed by atoms with E-state index in [2.05, 4.69) is 10.6 Å². The number of ether oxygens (including phenoxy) is 1. The first-order valence-electron chi connectivity index (χ1n) is 8.87. The molecule has 0 aliphatic carbocycles.